The zero-order valence-electron chi connectivity index (χ0n) is 15.5. The molecule has 0 aromatic carbocycles. The summed E-state index contributed by atoms with van der Waals surface area (Å²) in [6.07, 6.45) is 1.99. The average Bonchev–Trinajstić information content (AvgIpc) is 2.97. The fourth-order valence-electron chi connectivity index (χ4n) is 3.77. The number of imidazole rings is 1. The second-order valence-corrected chi connectivity index (χ2v) is 7.41. The van der Waals surface area contributed by atoms with E-state index in [-0.39, 0.29) is 35.8 Å². The predicted octanol–water partition coefficient (Wildman–Crippen LogP) is -0.857. The van der Waals surface area contributed by atoms with E-state index in [0.29, 0.717) is 24.9 Å². The van der Waals surface area contributed by atoms with Crippen LogP contribution in [0, 0.1) is 11.8 Å². The van der Waals surface area contributed by atoms with Crippen molar-refractivity contribution < 1.29 is 15.0 Å². The number of ketones is 1. The Bertz CT molecular complexity index is 876. The number of hydrogen-bond acceptors (Lipinski definition) is 8. The molecule has 4 unspecified atom stereocenters. The molecule has 1 aliphatic carbocycles. The van der Waals surface area contributed by atoms with E-state index in [1.54, 1.807) is 4.57 Å². The van der Waals surface area contributed by atoms with E-state index >= 15 is 0 Å². The SMILES string of the molecule is CN(C)CCCC(O)C(=O)C1C(CO)CC1n1cnc2c(=O)[nH]c(N)nc21. The van der Waals surface area contributed by atoms with Crippen LogP contribution in [0.15, 0.2) is 11.1 Å². The number of aromatic amines is 1. The van der Waals surface area contributed by atoms with Crippen molar-refractivity contribution in [1.82, 2.24) is 24.4 Å². The van der Waals surface area contributed by atoms with Crippen molar-refractivity contribution in [2.45, 2.75) is 31.4 Å². The summed E-state index contributed by atoms with van der Waals surface area (Å²) in [7, 11) is 3.87. The van der Waals surface area contributed by atoms with Gasteiger partial charge >= 0.3 is 0 Å². The normalized spacial score (nSPS) is 23.5. The molecule has 1 aliphatic rings. The molecule has 4 atom stereocenters. The number of anilines is 1. The summed E-state index contributed by atoms with van der Waals surface area (Å²) in [4.78, 5) is 37.4. The lowest BCUT2D eigenvalue weighted by atomic mass is 9.66. The number of nitrogens with one attached hydrogen (secondary N) is 1. The van der Waals surface area contributed by atoms with Crippen LogP contribution in [0.5, 0.6) is 0 Å². The molecule has 148 valence electrons. The molecule has 2 aromatic rings. The van der Waals surface area contributed by atoms with E-state index in [4.69, 9.17) is 5.73 Å². The zero-order chi connectivity index (χ0) is 19.7. The summed E-state index contributed by atoms with van der Waals surface area (Å²) < 4.78 is 1.65. The first kappa shape index (κ1) is 19.5. The third kappa shape index (κ3) is 3.73. The van der Waals surface area contributed by atoms with E-state index in [0.717, 1.165) is 6.54 Å². The van der Waals surface area contributed by atoms with Gasteiger partial charge in [-0.3, -0.25) is 14.6 Å². The molecule has 0 aliphatic heterocycles. The van der Waals surface area contributed by atoms with Crippen LogP contribution in [-0.2, 0) is 4.79 Å². The number of aromatic nitrogens is 4. The molecule has 3 rings (SSSR count). The molecule has 27 heavy (non-hydrogen) atoms. The van der Waals surface area contributed by atoms with Gasteiger partial charge in [-0.15, -0.1) is 0 Å². The molecule has 0 spiro atoms. The van der Waals surface area contributed by atoms with Crippen molar-refractivity contribution in [3.05, 3.63) is 16.7 Å². The third-order valence-corrected chi connectivity index (χ3v) is 5.25. The number of H-pyrrole nitrogens is 1. The van der Waals surface area contributed by atoms with Crippen LogP contribution in [0.4, 0.5) is 5.95 Å². The van der Waals surface area contributed by atoms with Crippen LogP contribution in [0.1, 0.15) is 25.3 Å². The van der Waals surface area contributed by atoms with E-state index in [1.807, 2.05) is 19.0 Å². The Morgan fingerprint density at radius 1 is 1.52 bits per heavy atom. The fourth-order valence-corrected chi connectivity index (χ4v) is 3.77. The maximum atomic E-state index is 12.8. The van der Waals surface area contributed by atoms with Crippen LogP contribution in [0.25, 0.3) is 11.2 Å². The lowest BCUT2D eigenvalue weighted by Crippen LogP contribution is -2.48. The highest BCUT2D eigenvalue weighted by atomic mass is 16.3. The highest BCUT2D eigenvalue weighted by Gasteiger charge is 2.48. The van der Waals surface area contributed by atoms with Gasteiger partial charge in [0.2, 0.25) is 5.95 Å². The number of nitrogens with zero attached hydrogens (tertiary/aromatic N) is 4. The Morgan fingerprint density at radius 2 is 2.26 bits per heavy atom. The Hall–Kier alpha value is -2.30. The zero-order valence-corrected chi connectivity index (χ0v) is 15.5. The molecule has 2 heterocycles. The number of Topliss-reactive ketones (excluding diaryl/α,β-unsaturated/α-hetero) is 1. The smallest absolute Gasteiger partial charge is 0.280 e. The monoisotopic (exact) mass is 378 g/mol. The van der Waals surface area contributed by atoms with Gasteiger partial charge in [0, 0.05) is 18.6 Å². The molecule has 0 bridgehead atoms. The van der Waals surface area contributed by atoms with E-state index in [1.165, 1.54) is 6.33 Å². The second-order valence-electron chi connectivity index (χ2n) is 7.41. The average molecular weight is 378 g/mol. The highest BCUT2D eigenvalue weighted by molar-refractivity contribution is 5.87. The standard InChI is InChI=1S/C17H26N6O4/c1-22(2)5-3-4-11(25)14(26)12-9(7-24)6-10(12)23-8-19-13-15(23)20-17(18)21-16(13)27/h8-12,24-25H,3-7H2,1-2H3,(H3,18,20,21,27). The first-order chi connectivity index (χ1) is 12.8. The maximum absolute atomic E-state index is 12.8. The lowest BCUT2D eigenvalue weighted by Gasteiger charge is -2.44. The van der Waals surface area contributed by atoms with Crippen molar-refractivity contribution in [1.29, 1.82) is 0 Å². The lowest BCUT2D eigenvalue weighted by molar-refractivity contribution is -0.142. The van der Waals surface area contributed by atoms with Crippen molar-refractivity contribution in [3.8, 4) is 0 Å². The van der Waals surface area contributed by atoms with E-state index < -0.39 is 17.6 Å². The Morgan fingerprint density at radius 3 is 2.93 bits per heavy atom. The predicted molar refractivity (Wildman–Crippen MR) is 99.1 cm³/mol. The minimum Gasteiger partial charge on any atom is -0.396 e. The number of fused-ring (bicyclic) bond motifs is 1. The van der Waals surface area contributed by atoms with Gasteiger partial charge in [0.25, 0.3) is 5.56 Å². The molecule has 1 saturated carbocycles. The largest absolute Gasteiger partial charge is 0.396 e. The van der Waals surface area contributed by atoms with Crippen molar-refractivity contribution in [2.24, 2.45) is 11.8 Å². The van der Waals surface area contributed by atoms with Gasteiger partial charge in [0.1, 0.15) is 6.10 Å². The topological polar surface area (TPSA) is 150 Å². The van der Waals surface area contributed by atoms with Crippen molar-refractivity contribution in [3.63, 3.8) is 0 Å². The van der Waals surface area contributed by atoms with Crippen molar-refractivity contribution in [2.75, 3.05) is 33.0 Å². The van der Waals surface area contributed by atoms with Crippen LogP contribution >= 0.6 is 0 Å². The first-order valence-electron chi connectivity index (χ1n) is 9.03. The molecule has 2 aromatic heterocycles. The maximum Gasteiger partial charge on any atom is 0.280 e. The van der Waals surface area contributed by atoms with Gasteiger partial charge < -0.3 is 25.4 Å². The number of hydrogen-bond donors (Lipinski definition) is 4. The summed E-state index contributed by atoms with van der Waals surface area (Å²) in [6, 6.07) is -0.322. The fraction of sp³-hybridized carbons (Fsp3) is 0.647. The third-order valence-electron chi connectivity index (χ3n) is 5.25. The molecular weight excluding hydrogens is 352 g/mol. The van der Waals surface area contributed by atoms with Crippen LogP contribution < -0.4 is 11.3 Å². The number of aliphatic hydroxyl groups is 2. The summed E-state index contributed by atoms with van der Waals surface area (Å²) >= 11 is 0. The summed E-state index contributed by atoms with van der Waals surface area (Å²) in [5, 5.41) is 19.9. The van der Waals surface area contributed by atoms with Gasteiger partial charge in [-0.05, 0) is 45.8 Å². The van der Waals surface area contributed by atoms with Crippen LogP contribution in [-0.4, -0.2) is 73.8 Å². The Kier molecular flexibility index (Phi) is 5.59. The van der Waals surface area contributed by atoms with Gasteiger partial charge in [0.05, 0.1) is 6.33 Å². The molecule has 10 nitrogen and oxygen atoms in total. The molecule has 0 saturated heterocycles. The van der Waals surface area contributed by atoms with E-state index in [2.05, 4.69) is 15.0 Å². The minimum absolute atomic E-state index is 0.0288. The quantitative estimate of drug-likeness (QED) is 0.463. The minimum atomic E-state index is -1.08. The van der Waals surface area contributed by atoms with Gasteiger partial charge in [-0.1, -0.05) is 0 Å². The molecule has 10 heteroatoms. The number of rotatable bonds is 8. The summed E-state index contributed by atoms with van der Waals surface area (Å²) in [6.45, 7) is 0.639. The summed E-state index contributed by atoms with van der Waals surface area (Å²) in [5.74, 6) is -1.10. The Balaban J connectivity index is 1.82. The first-order valence-corrected chi connectivity index (χ1v) is 9.03. The van der Waals surface area contributed by atoms with Crippen molar-refractivity contribution >= 4 is 22.9 Å². The Labute approximate surface area is 156 Å². The number of carbonyl (C=O) groups is 1. The second kappa shape index (κ2) is 7.75. The number of aliphatic hydroxyl groups excluding tert-OH is 2. The van der Waals surface area contributed by atoms with Crippen LogP contribution in [0.3, 0.4) is 0 Å². The number of nitrogen functional groups attached to an aromatic ring is 1. The highest BCUT2D eigenvalue weighted by Crippen LogP contribution is 2.46. The van der Waals surface area contributed by atoms with E-state index in [9.17, 15) is 19.8 Å². The molecule has 0 amide bonds. The molecule has 1 fully saturated rings. The van der Waals surface area contributed by atoms with Gasteiger partial charge in [-0.25, -0.2) is 4.98 Å². The van der Waals surface area contributed by atoms with Gasteiger partial charge in [-0.2, -0.15) is 4.98 Å². The number of carbonyl (C=O) groups excluding carboxylic acids is 1. The summed E-state index contributed by atoms with van der Waals surface area (Å²) in [5.41, 5.74) is 5.64. The molecular formula is C17H26N6O4. The van der Waals surface area contributed by atoms with Crippen LogP contribution in [0.2, 0.25) is 0 Å². The molecule has 5 N–H and O–H groups in total. The van der Waals surface area contributed by atoms with Gasteiger partial charge in [0.15, 0.2) is 16.9 Å². The number of nitrogens with two attached hydrogens (primary N) is 1. The molecule has 0 radical (unpaired) electrons.